The van der Waals surface area contributed by atoms with Gasteiger partial charge in [-0.05, 0) is 18.2 Å². The summed E-state index contributed by atoms with van der Waals surface area (Å²) >= 11 is 3.07. The summed E-state index contributed by atoms with van der Waals surface area (Å²) in [5.41, 5.74) is 0.242. The molecule has 0 aliphatic rings. The third kappa shape index (κ3) is 2.24. The lowest BCUT2D eigenvalue weighted by atomic mass is 10.2. The van der Waals surface area contributed by atoms with Gasteiger partial charge in [-0.1, -0.05) is 15.9 Å². The van der Waals surface area contributed by atoms with Crippen molar-refractivity contribution in [3.05, 3.63) is 34.4 Å². The van der Waals surface area contributed by atoms with Gasteiger partial charge in [-0.15, -0.1) is 10.2 Å². The Kier molecular flexibility index (Phi) is 2.95. The van der Waals surface area contributed by atoms with Crippen LogP contribution >= 0.6 is 15.9 Å². The van der Waals surface area contributed by atoms with Crippen LogP contribution in [0.2, 0.25) is 0 Å². The fourth-order valence-electron chi connectivity index (χ4n) is 1.12. The average Bonchev–Trinajstić information content (AvgIpc) is 2.64. The van der Waals surface area contributed by atoms with Gasteiger partial charge < -0.3 is 4.42 Å². The summed E-state index contributed by atoms with van der Waals surface area (Å²) in [6.45, 7) is 0. The van der Waals surface area contributed by atoms with Crippen molar-refractivity contribution in [1.29, 1.82) is 0 Å². The highest BCUT2D eigenvalue weighted by Gasteiger charge is 2.17. The summed E-state index contributed by atoms with van der Waals surface area (Å²) in [4.78, 5) is 0. The fourth-order valence-corrected chi connectivity index (χ4v) is 1.58. The van der Waals surface area contributed by atoms with Crippen LogP contribution in [0.4, 0.5) is 13.2 Å². The SMILES string of the molecule is Fc1cc(Br)cc(-c2nnc(C(F)F)o2)c1. The first-order chi connectivity index (χ1) is 7.56. The normalized spacial score (nSPS) is 11.1. The minimum Gasteiger partial charge on any atom is -0.415 e. The van der Waals surface area contributed by atoms with E-state index in [1.54, 1.807) is 0 Å². The van der Waals surface area contributed by atoms with E-state index in [-0.39, 0.29) is 11.5 Å². The number of hydrogen-bond acceptors (Lipinski definition) is 3. The Balaban J connectivity index is 2.42. The molecule has 3 nitrogen and oxygen atoms in total. The first kappa shape index (κ1) is 11.1. The maximum Gasteiger partial charge on any atom is 0.314 e. The van der Waals surface area contributed by atoms with Crippen molar-refractivity contribution in [2.24, 2.45) is 0 Å². The van der Waals surface area contributed by atoms with Crippen molar-refractivity contribution in [3.8, 4) is 11.5 Å². The molecule has 0 radical (unpaired) electrons. The van der Waals surface area contributed by atoms with E-state index < -0.39 is 18.1 Å². The zero-order valence-corrected chi connectivity index (χ0v) is 9.21. The van der Waals surface area contributed by atoms with Gasteiger partial charge in [-0.2, -0.15) is 8.78 Å². The molecule has 2 rings (SSSR count). The molecule has 0 fully saturated rings. The van der Waals surface area contributed by atoms with Gasteiger partial charge in [-0.3, -0.25) is 0 Å². The molecule has 84 valence electrons. The van der Waals surface area contributed by atoms with Crippen molar-refractivity contribution < 1.29 is 17.6 Å². The maximum atomic E-state index is 13.0. The van der Waals surface area contributed by atoms with Gasteiger partial charge in [0.15, 0.2) is 0 Å². The van der Waals surface area contributed by atoms with E-state index in [0.29, 0.717) is 4.47 Å². The van der Waals surface area contributed by atoms with Crippen LogP contribution in [0.5, 0.6) is 0 Å². The van der Waals surface area contributed by atoms with Gasteiger partial charge >= 0.3 is 6.43 Å². The summed E-state index contributed by atoms with van der Waals surface area (Å²) < 4.78 is 42.5. The molecule has 0 amide bonds. The standard InChI is InChI=1S/C9H4BrF3N2O/c10-5-1-4(2-6(11)3-5)8-14-15-9(16-8)7(12)13/h1-3,7H. The first-order valence-corrected chi connectivity index (χ1v) is 4.93. The molecule has 0 atom stereocenters. The molecule has 7 heteroatoms. The number of benzene rings is 1. The monoisotopic (exact) mass is 292 g/mol. The number of hydrogen-bond donors (Lipinski definition) is 0. The molecule has 1 aromatic carbocycles. The molecular weight excluding hydrogens is 289 g/mol. The van der Waals surface area contributed by atoms with Crippen molar-refractivity contribution >= 4 is 15.9 Å². The van der Waals surface area contributed by atoms with Crippen LogP contribution in [-0.4, -0.2) is 10.2 Å². The zero-order chi connectivity index (χ0) is 11.7. The highest BCUT2D eigenvalue weighted by atomic mass is 79.9. The lowest BCUT2D eigenvalue weighted by Crippen LogP contribution is -1.81. The predicted molar refractivity (Wildman–Crippen MR) is 52.3 cm³/mol. The largest absolute Gasteiger partial charge is 0.415 e. The van der Waals surface area contributed by atoms with Gasteiger partial charge in [0.25, 0.3) is 5.89 Å². The van der Waals surface area contributed by atoms with Gasteiger partial charge in [0.2, 0.25) is 5.89 Å². The third-order valence-corrected chi connectivity index (χ3v) is 2.19. The molecule has 16 heavy (non-hydrogen) atoms. The van der Waals surface area contributed by atoms with E-state index in [1.165, 1.54) is 12.1 Å². The van der Waals surface area contributed by atoms with Gasteiger partial charge in [0.1, 0.15) is 5.82 Å². The highest BCUT2D eigenvalue weighted by Crippen LogP contribution is 2.26. The molecule has 0 N–H and O–H groups in total. The van der Waals surface area contributed by atoms with Gasteiger partial charge in [0, 0.05) is 10.0 Å². The van der Waals surface area contributed by atoms with Crippen molar-refractivity contribution in [3.63, 3.8) is 0 Å². The Morgan fingerprint density at radius 3 is 2.50 bits per heavy atom. The second-order valence-corrected chi connectivity index (χ2v) is 3.82. The van der Waals surface area contributed by atoms with Crippen LogP contribution in [0.1, 0.15) is 12.3 Å². The molecule has 1 aromatic heterocycles. The number of halogens is 4. The molecule has 2 aromatic rings. The second-order valence-electron chi connectivity index (χ2n) is 2.90. The molecular formula is C9H4BrF3N2O. The smallest absolute Gasteiger partial charge is 0.314 e. The molecule has 0 saturated carbocycles. The van der Waals surface area contributed by atoms with E-state index in [4.69, 9.17) is 0 Å². The summed E-state index contributed by atoms with van der Waals surface area (Å²) in [7, 11) is 0. The summed E-state index contributed by atoms with van der Waals surface area (Å²) in [5.74, 6) is -1.45. The zero-order valence-electron chi connectivity index (χ0n) is 7.62. The molecule has 0 saturated heterocycles. The van der Waals surface area contributed by atoms with E-state index in [9.17, 15) is 13.2 Å². The maximum absolute atomic E-state index is 13.0. The van der Waals surface area contributed by atoms with E-state index >= 15 is 0 Å². The van der Waals surface area contributed by atoms with Crippen molar-refractivity contribution in [2.75, 3.05) is 0 Å². The molecule has 0 bridgehead atoms. The van der Waals surface area contributed by atoms with Crippen LogP contribution in [-0.2, 0) is 0 Å². The Morgan fingerprint density at radius 1 is 1.19 bits per heavy atom. The van der Waals surface area contributed by atoms with Crippen LogP contribution in [0, 0.1) is 5.82 Å². The number of aromatic nitrogens is 2. The Labute approximate surface area is 96.4 Å². The number of rotatable bonds is 2. The minimum atomic E-state index is -2.83. The summed E-state index contributed by atoms with van der Waals surface area (Å²) in [5, 5.41) is 6.55. The lowest BCUT2D eigenvalue weighted by molar-refractivity contribution is 0.116. The first-order valence-electron chi connectivity index (χ1n) is 4.14. The molecule has 1 heterocycles. The van der Waals surface area contributed by atoms with Crippen molar-refractivity contribution in [2.45, 2.75) is 6.43 Å². The van der Waals surface area contributed by atoms with E-state index in [2.05, 4.69) is 30.5 Å². The lowest BCUT2D eigenvalue weighted by Gasteiger charge is -1.96. The topological polar surface area (TPSA) is 38.9 Å². The average molecular weight is 293 g/mol. The van der Waals surface area contributed by atoms with Crippen LogP contribution < -0.4 is 0 Å². The highest BCUT2D eigenvalue weighted by molar-refractivity contribution is 9.10. The number of nitrogens with zero attached hydrogens (tertiary/aromatic N) is 2. The second kappa shape index (κ2) is 4.25. The molecule has 0 aliphatic carbocycles. The van der Waals surface area contributed by atoms with Gasteiger partial charge in [-0.25, -0.2) is 4.39 Å². The Morgan fingerprint density at radius 2 is 1.94 bits per heavy atom. The van der Waals surface area contributed by atoms with Crippen molar-refractivity contribution in [1.82, 2.24) is 10.2 Å². The quantitative estimate of drug-likeness (QED) is 0.849. The predicted octanol–water partition coefficient (Wildman–Crippen LogP) is 3.58. The van der Waals surface area contributed by atoms with Crippen LogP contribution in [0.3, 0.4) is 0 Å². The number of alkyl halides is 2. The van der Waals surface area contributed by atoms with Crippen LogP contribution in [0.25, 0.3) is 11.5 Å². The Bertz CT molecular complexity index is 495. The minimum absolute atomic E-state index is 0.143. The van der Waals surface area contributed by atoms with E-state index in [1.807, 2.05) is 0 Å². The molecule has 0 unspecified atom stereocenters. The van der Waals surface area contributed by atoms with Gasteiger partial charge in [0.05, 0.1) is 0 Å². The summed E-state index contributed by atoms with van der Waals surface area (Å²) in [6, 6.07) is 3.84. The summed E-state index contributed by atoms with van der Waals surface area (Å²) in [6.07, 6.45) is -2.83. The van der Waals surface area contributed by atoms with E-state index in [0.717, 1.165) is 6.07 Å². The molecule has 0 aliphatic heterocycles. The molecule has 0 spiro atoms. The third-order valence-electron chi connectivity index (χ3n) is 1.74. The van der Waals surface area contributed by atoms with Crippen LogP contribution in [0.15, 0.2) is 27.1 Å². The Hall–Kier alpha value is -1.37. The fraction of sp³-hybridized carbons (Fsp3) is 0.111.